The molecule has 0 aliphatic rings. The number of halogens is 1. The number of Topliss-reactive ketones (excluding diaryl/α,β-unsaturated/α-hetero) is 1. The number of alkyl halides is 1. The molecule has 0 aromatic carbocycles. The third-order valence-corrected chi connectivity index (χ3v) is 2.19. The second-order valence-corrected chi connectivity index (χ2v) is 3.49. The Morgan fingerprint density at radius 2 is 1.93 bits per heavy atom. The van der Waals surface area contributed by atoms with Crippen molar-refractivity contribution in [2.75, 3.05) is 6.61 Å². The fourth-order valence-electron chi connectivity index (χ4n) is 1.18. The third-order valence-electron chi connectivity index (χ3n) is 2.19. The highest BCUT2D eigenvalue weighted by molar-refractivity contribution is 6.00. The number of esters is 1. The molecule has 0 aromatic heterocycles. The van der Waals surface area contributed by atoms with E-state index in [0.717, 1.165) is 6.42 Å². The van der Waals surface area contributed by atoms with Gasteiger partial charge in [-0.25, -0.2) is 4.39 Å². The lowest BCUT2D eigenvalue weighted by atomic mass is 9.99. The minimum atomic E-state index is -1.54. The lowest BCUT2D eigenvalue weighted by molar-refractivity contribution is -0.152. The van der Waals surface area contributed by atoms with Gasteiger partial charge in [0.1, 0.15) is 5.92 Å². The van der Waals surface area contributed by atoms with Crippen LogP contribution in [0.25, 0.3) is 0 Å². The van der Waals surface area contributed by atoms with E-state index in [1.54, 1.807) is 6.92 Å². The quantitative estimate of drug-likeness (QED) is 0.486. The molecule has 0 saturated carbocycles. The molecule has 0 aliphatic heterocycles. The van der Waals surface area contributed by atoms with E-state index in [0.29, 0.717) is 6.42 Å². The topological polar surface area (TPSA) is 43.4 Å². The first-order valence-corrected chi connectivity index (χ1v) is 5.39. The van der Waals surface area contributed by atoms with Crippen molar-refractivity contribution in [3.8, 4) is 0 Å². The Morgan fingerprint density at radius 1 is 1.33 bits per heavy atom. The number of carbonyl (C=O) groups is 2. The van der Waals surface area contributed by atoms with Crippen LogP contribution < -0.4 is 0 Å². The highest BCUT2D eigenvalue weighted by atomic mass is 19.1. The molecule has 15 heavy (non-hydrogen) atoms. The molecule has 4 heteroatoms. The molecule has 0 fully saturated rings. The normalized spacial score (nSPS) is 14.4. The van der Waals surface area contributed by atoms with Crippen molar-refractivity contribution >= 4 is 11.8 Å². The van der Waals surface area contributed by atoms with Crippen LogP contribution in [0.2, 0.25) is 0 Å². The van der Waals surface area contributed by atoms with E-state index in [1.807, 2.05) is 6.92 Å². The van der Waals surface area contributed by atoms with Gasteiger partial charge in [0.2, 0.25) is 0 Å². The fourth-order valence-corrected chi connectivity index (χ4v) is 1.18. The highest BCUT2D eigenvalue weighted by Crippen LogP contribution is 2.12. The maximum atomic E-state index is 13.3. The molecule has 0 amide bonds. The molecule has 0 aromatic rings. The van der Waals surface area contributed by atoms with Crippen LogP contribution in [0.5, 0.6) is 0 Å². The Kier molecular flexibility index (Phi) is 6.92. The van der Waals surface area contributed by atoms with E-state index in [9.17, 15) is 14.0 Å². The van der Waals surface area contributed by atoms with Crippen LogP contribution in [0.1, 0.15) is 40.0 Å². The summed E-state index contributed by atoms with van der Waals surface area (Å²) in [6.07, 6.45) is 0.146. The smallest absolute Gasteiger partial charge is 0.316 e. The SMILES string of the molecule is CCCCC(F)C(=O)C(C)C(=O)OCC. The van der Waals surface area contributed by atoms with Crippen LogP contribution in [0.15, 0.2) is 0 Å². The summed E-state index contributed by atoms with van der Waals surface area (Å²) in [4.78, 5) is 22.5. The zero-order valence-electron chi connectivity index (χ0n) is 9.59. The van der Waals surface area contributed by atoms with Crippen LogP contribution in [-0.2, 0) is 14.3 Å². The number of ether oxygens (including phenoxy) is 1. The first-order chi connectivity index (χ1) is 7.04. The molecule has 2 unspecified atom stereocenters. The van der Waals surface area contributed by atoms with Gasteiger partial charge in [-0.05, 0) is 20.3 Å². The Morgan fingerprint density at radius 3 is 2.40 bits per heavy atom. The maximum absolute atomic E-state index is 13.3. The molecule has 0 aliphatic carbocycles. The first-order valence-electron chi connectivity index (χ1n) is 5.39. The van der Waals surface area contributed by atoms with E-state index in [2.05, 4.69) is 4.74 Å². The van der Waals surface area contributed by atoms with Gasteiger partial charge in [-0.15, -0.1) is 0 Å². The van der Waals surface area contributed by atoms with E-state index in [4.69, 9.17) is 0 Å². The molecule has 2 atom stereocenters. The van der Waals surface area contributed by atoms with Gasteiger partial charge in [0.05, 0.1) is 6.61 Å². The molecule has 88 valence electrons. The molecule has 0 spiro atoms. The van der Waals surface area contributed by atoms with Crippen molar-refractivity contribution < 1.29 is 18.7 Å². The van der Waals surface area contributed by atoms with Gasteiger partial charge in [0.15, 0.2) is 12.0 Å². The van der Waals surface area contributed by atoms with Crippen molar-refractivity contribution in [1.82, 2.24) is 0 Å². The standard InChI is InChI=1S/C11H19FO3/c1-4-6-7-9(12)10(13)8(3)11(14)15-5-2/h8-9H,4-7H2,1-3H3. The lowest BCUT2D eigenvalue weighted by Gasteiger charge is -2.12. The van der Waals surface area contributed by atoms with Gasteiger partial charge in [-0.3, -0.25) is 9.59 Å². The molecular formula is C11H19FO3. The van der Waals surface area contributed by atoms with Gasteiger partial charge >= 0.3 is 5.97 Å². The Balaban J connectivity index is 4.12. The minimum absolute atomic E-state index is 0.194. The predicted octanol–water partition coefficient (Wildman–Crippen LogP) is 2.28. The van der Waals surface area contributed by atoms with Crippen molar-refractivity contribution in [2.45, 2.75) is 46.2 Å². The first kappa shape index (κ1) is 14.1. The van der Waals surface area contributed by atoms with Crippen LogP contribution in [0, 0.1) is 5.92 Å². The molecule has 0 saturated heterocycles. The summed E-state index contributed by atoms with van der Waals surface area (Å²) in [7, 11) is 0. The van der Waals surface area contributed by atoms with Crippen molar-refractivity contribution in [3.05, 3.63) is 0 Å². The second-order valence-electron chi connectivity index (χ2n) is 3.49. The van der Waals surface area contributed by atoms with Crippen LogP contribution in [-0.4, -0.2) is 24.5 Å². The van der Waals surface area contributed by atoms with Crippen molar-refractivity contribution in [1.29, 1.82) is 0 Å². The molecule has 0 bridgehead atoms. The zero-order chi connectivity index (χ0) is 11.8. The fraction of sp³-hybridized carbons (Fsp3) is 0.818. The van der Waals surface area contributed by atoms with Crippen molar-refractivity contribution in [2.24, 2.45) is 5.92 Å². The molecule has 0 radical (unpaired) electrons. The van der Waals surface area contributed by atoms with E-state index < -0.39 is 23.8 Å². The van der Waals surface area contributed by atoms with Gasteiger partial charge in [0.25, 0.3) is 0 Å². The zero-order valence-corrected chi connectivity index (χ0v) is 9.59. The van der Waals surface area contributed by atoms with Gasteiger partial charge in [0, 0.05) is 0 Å². The largest absolute Gasteiger partial charge is 0.465 e. The summed E-state index contributed by atoms with van der Waals surface area (Å²) in [6.45, 7) is 5.17. The van der Waals surface area contributed by atoms with E-state index in [-0.39, 0.29) is 13.0 Å². The lowest BCUT2D eigenvalue weighted by Crippen LogP contribution is -2.30. The summed E-state index contributed by atoms with van der Waals surface area (Å²) in [5.74, 6) is -2.29. The summed E-state index contributed by atoms with van der Waals surface area (Å²) in [5, 5.41) is 0. The van der Waals surface area contributed by atoms with Crippen LogP contribution in [0.4, 0.5) is 4.39 Å². The molecule has 0 N–H and O–H groups in total. The Hall–Kier alpha value is -0.930. The Bertz CT molecular complexity index is 216. The number of hydrogen-bond acceptors (Lipinski definition) is 3. The average Bonchev–Trinajstić information content (AvgIpc) is 2.24. The predicted molar refractivity (Wildman–Crippen MR) is 55.2 cm³/mol. The number of unbranched alkanes of at least 4 members (excludes halogenated alkanes) is 1. The number of hydrogen-bond donors (Lipinski definition) is 0. The monoisotopic (exact) mass is 218 g/mol. The van der Waals surface area contributed by atoms with Crippen LogP contribution >= 0.6 is 0 Å². The minimum Gasteiger partial charge on any atom is -0.465 e. The summed E-state index contributed by atoms with van der Waals surface area (Å²) in [5.41, 5.74) is 0. The number of carbonyl (C=O) groups excluding carboxylic acids is 2. The molecule has 0 heterocycles. The molecule has 0 rings (SSSR count). The second kappa shape index (κ2) is 7.37. The van der Waals surface area contributed by atoms with Crippen LogP contribution in [0.3, 0.4) is 0 Å². The maximum Gasteiger partial charge on any atom is 0.316 e. The van der Waals surface area contributed by atoms with E-state index >= 15 is 0 Å². The van der Waals surface area contributed by atoms with Gasteiger partial charge in [-0.2, -0.15) is 0 Å². The molecule has 3 nitrogen and oxygen atoms in total. The van der Waals surface area contributed by atoms with Gasteiger partial charge in [-0.1, -0.05) is 19.8 Å². The van der Waals surface area contributed by atoms with E-state index in [1.165, 1.54) is 6.92 Å². The van der Waals surface area contributed by atoms with Crippen molar-refractivity contribution in [3.63, 3.8) is 0 Å². The summed E-state index contributed by atoms with van der Waals surface area (Å²) >= 11 is 0. The third kappa shape index (κ3) is 4.91. The average molecular weight is 218 g/mol. The summed E-state index contributed by atoms with van der Waals surface area (Å²) < 4.78 is 17.9. The molecular weight excluding hydrogens is 199 g/mol. The number of rotatable bonds is 7. The Labute approximate surface area is 90.0 Å². The highest BCUT2D eigenvalue weighted by Gasteiger charge is 2.29. The van der Waals surface area contributed by atoms with Gasteiger partial charge < -0.3 is 4.74 Å². The summed E-state index contributed by atoms with van der Waals surface area (Å²) in [6, 6.07) is 0. The number of ketones is 1.